The van der Waals surface area contributed by atoms with E-state index in [9.17, 15) is 9.59 Å². The molecule has 0 bridgehead atoms. The Bertz CT molecular complexity index is 818. The molecule has 2 amide bonds. The van der Waals surface area contributed by atoms with Gasteiger partial charge in [0.05, 0.1) is 11.6 Å². The average Bonchev–Trinajstić information content (AvgIpc) is 3.60. The molecule has 144 valence electrons. The zero-order valence-corrected chi connectivity index (χ0v) is 15.9. The summed E-state index contributed by atoms with van der Waals surface area (Å²) >= 11 is 0. The summed E-state index contributed by atoms with van der Waals surface area (Å²) in [6.45, 7) is 1.27. The van der Waals surface area contributed by atoms with Gasteiger partial charge < -0.3 is 4.90 Å². The van der Waals surface area contributed by atoms with E-state index in [1.54, 1.807) is 0 Å². The summed E-state index contributed by atoms with van der Waals surface area (Å²) in [6.07, 6.45) is 3.65. The van der Waals surface area contributed by atoms with Gasteiger partial charge in [0.1, 0.15) is 0 Å². The maximum absolute atomic E-state index is 12.8. The number of amides is 2. The van der Waals surface area contributed by atoms with Crippen LogP contribution in [0.25, 0.3) is 0 Å². The van der Waals surface area contributed by atoms with Crippen LogP contribution in [0.4, 0.5) is 0 Å². The van der Waals surface area contributed by atoms with Gasteiger partial charge >= 0.3 is 0 Å². The molecule has 1 unspecified atom stereocenters. The second-order valence-corrected chi connectivity index (χ2v) is 7.57. The van der Waals surface area contributed by atoms with Gasteiger partial charge in [0.15, 0.2) is 0 Å². The predicted octanol–water partition coefficient (Wildman–Crippen LogP) is 3.20. The van der Waals surface area contributed by atoms with Crippen LogP contribution < -0.4 is 5.43 Å². The number of rotatable bonds is 5. The lowest BCUT2D eigenvalue weighted by Crippen LogP contribution is -2.45. The lowest BCUT2D eigenvalue weighted by molar-refractivity contribution is -0.136. The van der Waals surface area contributed by atoms with Crippen LogP contribution in [-0.2, 0) is 9.59 Å². The summed E-state index contributed by atoms with van der Waals surface area (Å²) in [5.74, 6) is 0.100. The molecule has 2 aromatic rings. The van der Waals surface area contributed by atoms with Gasteiger partial charge in [-0.2, -0.15) is 5.10 Å². The third-order valence-corrected chi connectivity index (χ3v) is 5.40. The van der Waals surface area contributed by atoms with Crippen molar-refractivity contribution in [1.29, 1.82) is 0 Å². The number of carbonyl (C=O) groups is 2. The van der Waals surface area contributed by atoms with Gasteiger partial charge in [0.2, 0.25) is 11.8 Å². The van der Waals surface area contributed by atoms with Gasteiger partial charge in [-0.3, -0.25) is 9.59 Å². The summed E-state index contributed by atoms with van der Waals surface area (Å²) in [4.78, 5) is 27.0. The van der Waals surface area contributed by atoms with Crippen molar-refractivity contribution < 1.29 is 9.59 Å². The summed E-state index contributed by atoms with van der Waals surface area (Å²) in [5.41, 5.74) is 5.39. The van der Waals surface area contributed by atoms with Crippen LogP contribution in [-0.4, -0.2) is 35.5 Å². The number of hydrogen-bond donors (Lipinski definition) is 1. The first-order valence-corrected chi connectivity index (χ1v) is 9.99. The third kappa shape index (κ3) is 4.30. The van der Waals surface area contributed by atoms with Crippen molar-refractivity contribution in [3.8, 4) is 0 Å². The van der Waals surface area contributed by atoms with Gasteiger partial charge in [0.25, 0.3) is 0 Å². The predicted molar refractivity (Wildman–Crippen MR) is 109 cm³/mol. The van der Waals surface area contributed by atoms with Crippen LogP contribution in [0.1, 0.15) is 36.8 Å². The Morgan fingerprint density at radius 3 is 2.04 bits per heavy atom. The molecule has 5 heteroatoms. The first-order valence-electron chi connectivity index (χ1n) is 9.99. The molecule has 5 nitrogen and oxygen atoms in total. The Balaban J connectivity index is 1.48. The molecule has 0 spiro atoms. The summed E-state index contributed by atoms with van der Waals surface area (Å²) in [5, 5.41) is 4.47. The highest BCUT2D eigenvalue weighted by atomic mass is 16.2. The molecule has 2 fully saturated rings. The van der Waals surface area contributed by atoms with Gasteiger partial charge in [0, 0.05) is 30.1 Å². The van der Waals surface area contributed by atoms with Gasteiger partial charge in [-0.25, -0.2) is 5.43 Å². The molecule has 0 aromatic heterocycles. The minimum absolute atomic E-state index is 0.113. The number of likely N-dealkylation sites (tertiary alicyclic amines) is 1. The molecule has 1 aliphatic heterocycles. The molecule has 1 N–H and O–H groups in total. The van der Waals surface area contributed by atoms with Gasteiger partial charge in [-0.1, -0.05) is 60.7 Å². The normalized spacial score (nSPS) is 19.0. The van der Waals surface area contributed by atoms with Gasteiger partial charge in [-0.05, 0) is 25.7 Å². The van der Waals surface area contributed by atoms with E-state index in [0.29, 0.717) is 6.54 Å². The number of piperidine rings is 1. The lowest BCUT2D eigenvalue weighted by atomic mass is 9.97. The van der Waals surface area contributed by atoms with Crippen molar-refractivity contribution in [1.82, 2.24) is 10.3 Å². The molecule has 1 saturated heterocycles. The molecule has 2 aliphatic rings. The third-order valence-electron chi connectivity index (χ3n) is 5.40. The smallest absolute Gasteiger partial charge is 0.244 e. The molecule has 0 radical (unpaired) electrons. The van der Waals surface area contributed by atoms with E-state index >= 15 is 0 Å². The quantitative estimate of drug-likeness (QED) is 0.644. The fourth-order valence-corrected chi connectivity index (χ4v) is 3.67. The minimum atomic E-state index is -0.201. The Hall–Kier alpha value is -2.95. The van der Waals surface area contributed by atoms with Crippen LogP contribution in [0.2, 0.25) is 0 Å². The maximum Gasteiger partial charge on any atom is 0.244 e. The largest absolute Gasteiger partial charge is 0.342 e. The van der Waals surface area contributed by atoms with Crippen molar-refractivity contribution in [2.24, 2.45) is 16.9 Å². The summed E-state index contributed by atoms with van der Waals surface area (Å²) < 4.78 is 0. The van der Waals surface area contributed by atoms with E-state index in [1.807, 2.05) is 65.6 Å². The molecule has 1 atom stereocenters. The Kier molecular flexibility index (Phi) is 5.51. The number of hydrazone groups is 1. The monoisotopic (exact) mass is 375 g/mol. The van der Waals surface area contributed by atoms with Crippen LogP contribution >= 0.6 is 0 Å². The standard InChI is InChI=1S/C23H25N3O2/c27-22(20-12-7-15-26(16-20)23(28)19-13-14-19)25-24-21(17-8-3-1-4-9-17)18-10-5-2-6-11-18/h1-6,8-11,19-20H,7,12-16H2,(H,25,27). The van der Waals surface area contributed by atoms with Crippen molar-refractivity contribution in [3.63, 3.8) is 0 Å². The highest BCUT2D eigenvalue weighted by Gasteiger charge is 2.36. The first-order chi connectivity index (χ1) is 13.7. The number of nitrogens with one attached hydrogen (secondary N) is 1. The number of carbonyl (C=O) groups excluding carboxylic acids is 2. The fraction of sp³-hybridized carbons (Fsp3) is 0.348. The number of nitrogens with zero attached hydrogens (tertiary/aromatic N) is 2. The van der Waals surface area contributed by atoms with Crippen LogP contribution in [0.3, 0.4) is 0 Å². The van der Waals surface area contributed by atoms with Crippen LogP contribution in [0.15, 0.2) is 65.8 Å². The second-order valence-electron chi connectivity index (χ2n) is 7.57. The van der Waals surface area contributed by atoms with E-state index in [1.165, 1.54) is 0 Å². The molecule has 1 heterocycles. The van der Waals surface area contributed by atoms with E-state index in [0.717, 1.165) is 49.1 Å². The topological polar surface area (TPSA) is 61.8 Å². The molecule has 2 aromatic carbocycles. The zero-order valence-electron chi connectivity index (χ0n) is 15.9. The van der Waals surface area contributed by atoms with Crippen molar-refractivity contribution in [2.75, 3.05) is 13.1 Å². The molecule has 4 rings (SSSR count). The minimum Gasteiger partial charge on any atom is -0.342 e. The Labute approximate surface area is 165 Å². The zero-order chi connectivity index (χ0) is 19.3. The first kappa shape index (κ1) is 18.4. The highest BCUT2D eigenvalue weighted by Crippen LogP contribution is 2.32. The van der Waals surface area contributed by atoms with Crippen LogP contribution in [0, 0.1) is 11.8 Å². The van der Waals surface area contributed by atoms with E-state index in [2.05, 4.69) is 10.5 Å². The Morgan fingerprint density at radius 2 is 1.46 bits per heavy atom. The lowest BCUT2D eigenvalue weighted by Gasteiger charge is -2.31. The van der Waals surface area contributed by atoms with Gasteiger partial charge in [-0.15, -0.1) is 0 Å². The second kappa shape index (κ2) is 8.38. The number of hydrogen-bond acceptors (Lipinski definition) is 3. The van der Waals surface area contributed by atoms with E-state index in [4.69, 9.17) is 0 Å². The maximum atomic E-state index is 12.8. The number of benzene rings is 2. The van der Waals surface area contributed by atoms with Crippen molar-refractivity contribution in [3.05, 3.63) is 71.8 Å². The molecule has 28 heavy (non-hydrogen) atoms. The molecule has 1 aliphatic carbocycles. The van der Waals surface area contributed by atoms with E-state index in [-0.39, 0.29) is 23.7 Å². The van der Waals surface area contributed by atoms with E-state index < -0.39 is 0 Å². The van der Waals surface area contributed by atoms with Crippen molar-refractivity contribution >= 4 is 17.5 Å². The fourth-order valence-electron chi connectivity index (χ4n) is 3.67. The average molecular weight is 375 g/mol. The SMILES string of the molecule is O=C(NN=C(c1ccccc1)c1ccccc1)C1CCCN(C(=O)C2CC2)C1. The summed E-state index contributed by atoms with van der Waals surface area (Å²) in [6, 6.07) is 19.7. The van der Waals surface area contributed by atoms with Crippen molar-refractivity contribution in [2.45, 2.75) is 25.7 Å². The summed E-state index contributed by atoms with van der Waals surface area (Å²) in [7, 11) is 0. The Morgan fingerprint density at radius 1 is 0.857 bits per heavy atom. The van der Waals surface area contributed by atoms with Crippen LogP contribution in [0.5, 0.6) is 0 Å². The highest BCUT2D eigenvalue weighted by molar-refractivity contribution is 6.13. The molecular formula is C23H25N3O2. The molecular weight excluding hydrogens is 350 g/mol. The molecule has 1 saturated carbocycles.